The minimum Gasteiger partial charge on any atom is -0.146 e. The van der Waals surface area contributed by atoms with E-state index in [1.165, 1.54) is 9.75 Å². The van der Waals surface area contributed by atoms with Crippen LogP contribution in [0.1, 0.15) is 51.3 Å². The predicted molar refractivity (Wildman–Crippen MR) is 67.8 cm³/mol. The van der Waals surface area contributed by atoms with Crippen molar-refractivity contribution < 1.29 is 0 Å². The van der Waals surface area contributed by atoms with Crippen molar-refractivity contribution >= 4 is 11.3 Å². The Kier molecular flexibility index (Phi) is 25.2. The summed E-state index contributed by atoms with van der Waals surface area (Å²) in [4.78, 5) is 2.80. The Morgan fingerprint density at radius 1 is 0.692 bits per heavy atom. The Balaban J connectivity index is -0.000000144. The third-order valence-corrected chi connectivity index (χ3v) is 1.79. The highest BCUT2D eigenvalue weighted by molar-refractivity contribution is 7.11. The van der Waals surface area contributed by atoms with E-state index in [4.69, 9.17) is 0 Å². The summed E-state index contributed by atoms with van der Waals surface area (Å²) in [5, 5.41) is 0. The number of thiophene rings is 1. The molecule has 0 bridgehead atoms. The summed E-state index contributed by atoms with van der Waals surface area (Å²) in [6.07, 6.45) is 0. The molecule has 0 amide bonds. The molecule has 80 valence electrons. The van der Waals surface area contributed by atoms with Crippen molar-refractivity contribution in [1.29, 1.82) is 0 Å². The van der Waals surface area contributed by atoms with Crippen LogP contribution in [-0.2, 0) is 0 Å². The second-order valence-electron chi connectivity index (χ2n) is 1.66. The average Bonchev–Trinajstić information content (AvgIpc) is 2.60. The average molecular weight is 202 g/mol. The Hall–Kier alpha value is -0.300. The van der Waals surface area contributed by atoms with Crippen LogP contribution in [0.5, 0.6) is 0 Å². The highest BCUT2D eigenvalue weighted by Gasteiger charge is 1.84. The maximum Gasteiger partial charge on any atom is 0.00170 e. The number of aryl methyl sites for hydroxylation is 2. The summed E-state index contributed by atoms with van der Waals surface area (Å²) in [5.41, 5.74) is 0. The van der Waals surface area contributed by atoms with E-state index in [-0.39, 0.29) is 0 Å². The number of hydrogen-bond donors (Lipinski definition) is 0. The second-order valence-corrected chi connectivity index (χ2v) is 3.15. The van der Waals surface area contributed by atoms with E-state index >= 15 is 0 Å². The summed E-state index contributed by atoms with van der Waals surface area (Å²) in [6.45, 7) is 16.2. The molecule has 0 saturated carbocycles. The molecule has 1 aromatic rings. The van der Waals surface area contributed by atoms with Gasteiger partial charge in [0.1, 0.15) is 0 Å². The Morgan fingerprint density at radius 3 is 1.00 bits per heavy atom. The van der Waals surface area contributed by atoms with Crippen LogP contribution < -0.4 is 0 Å². The van der Waals surface area contributed by atoms with E-state index in [9.17, 15) is 0 Å². The predicted octanol–water partition coefficient (Wildman–Crippen LogP) is 5.44. The lowest BCUT2D eigenvalue weighted by Gasteiger charge is -1.71. The van der Waals surface area contributed by atoms with E-state index in [1.807, 2.05) is 52.9 Å². The molecule has 1 heterocycles. The van der Waals surface area contributed by atoms with Gasteiger partial charge in [-0.1, -0.05) is 41.5 Å². The molecule has 0 N–H and O–H groups in total. The number of rotatable bonds is 0. The van der Waals surface area contributed by atoms with Gasteiger partial charge in [0, 0.05) is 9.75 Å². The molecule has 0 aliphatic rings. The molecule has 1 aromatic heterocycles. The second kappa shape index (κ2) is 17.7. The summed E-state index contributed by atoms with van der Waals surface area (Å²) >= 11 is 1.84. The molecule has 0 radical (unpaired) electrons. The fraction of sp³-hybridized carbons (Fsp3) is 0.667. The van der Waals surface area contributed by atoms with Crippen molar-refractivity contribution in [2.24, 2.45) is 0 Å². The standard InChI is InChI=1S/C6H8S.3C2H6/c1-5-3-4-6(2)7-5;3*1-2/h3-4H,1-2H3;3*1-2H3. The molecular formula is C12H26S. The van der Waals surface area contributed by atoms with E-state index < -0.39 is 0 Å². The van der Waals surface area contributed by atoms with Gasteiger partial charge in [-0.15, -0.1) is 11.3 Å². The van der Waals surface area contributed by atoms with Gasteiger partial charge in [-0.2, -0.15) is 0 Å². The minimum absolute atomic E-state index is 1.40. The van der Waals surface area contributed by atoms with E-state index in [0.29, 0.717) is 0 Å². The van der Waals surface area contributed by atoms with E-state index in [1.54, 1.807) is 0 Å². The van der Waals surface area contributed by atoms with Crippen molar-refractivity contribution in [2.45, 2.75) is 55.4 Å². The first kappa shape index (κ1) is 18.5. The lowest BCUT2D eigenvalue weighted by atomic mass is 10.5. The van der Waals surface area contributed by atoms with Gasteiger partial charge in [0.15, 0.2) is 0 Å². The quantitative estimate of drug-likeness (QED) is 0.525. The molecule has 0 saturated heterocycles. The van der Waals surface area contributed by atoms with Gasteiger partial charge < -0.3 is 0 Å². The zero-order valence-electron chi connectivity index (χ0n) is 10.6. The third-order valence-electron chi connectivity index (χ3n) is 0.875. The molecule has 0 fully saturated rings. The molecule has 1 rings (SSSR count). The van der Waals surface area contributed by atoms with Crippen molar-refractivity contribution in [2.75, 3.05) is 0 Å². The summed E-state index contributed by atoms with van der Waals surface area (Å²) in [7, 11) is 0. The molecular weight excluding hydrogens is 176 g/mol. The van der Waals surface area contributed by atoms with Gasteiger partial charge in [-0.05, 0) is 26.0 Å². The van der Waals surface area contributed by atoms with Crippen LogP contribution in [0, 0.1) is 13.8 Å². The first-order chi connectivity index (χ1) is 6.29. The highest BCUT2D eigenvalue weighted by atomic mass is 32.1. The lowest BCUT2D eigenvalue weighted by Crippen LogP contribution is -1.44. The maximum absolute atomic E-state index is 2.14. The summed E-state index contributed by atoms with van der Waals surface area (Å²) in [6, 6.07) is 4.28. The van der Waals surface area contributed by atoms with Gasteiger partial charge in [0.2, 0.25) is 0 Å². The summed E-state index contributed by atoms with van der Waals surface area (Å²) < 4.78 is 0. The van der Waals surface area contributed by atoms with Crippen LogP contribution >= 0.6 is 11.3 Å². The SMILES string of the molecule is CC.CC.CC.Cc1ccc(C)s1. The van der Waals surface area contributed by atoms with Crippen LogP contribution in [0.2, 0.25) is 0 Å². The zero-order chi connectivity index (χ0) is 11.3. The van der Waals surface area contributed by atoms with Gasteiger partial charge in [-0.25, -0.2) is 0 Å². The molecule has 0 nitrogen and oxygen atoms in total. The van der Waals surface area contributed by atoms with Crippen molar-refractivity contribution in [1.82, 2.24) is 0 Å². The van der Waals surface area contributed by atoms with Gasteiger partial charge in [-0.3, -0.25) is 0 Å². The first-order valence-electron chi connectivity index (χ1n) is 5.32. The summed E-state index contributed by atoms with van der Waals surface area (Å²) in [5.74, 6) is 0. The first-order valence-corrected chi connectivity index (χ1v) is 6.14. The van der Waals surface area contributed by atoms with Crippen LogP contribution in [0.3, 0.4) is 0 Å². The van der Waals surface area contributed by atoms with Crippen LogP contribution in [0.15, 0.2) is 12.1 Å². The van der Waals surface area contributed by atoms with Gasteiger partial charge in [0.05, 0.1) is 0 Å². The van der Waals surface area contributed by atoms with Crippen molar-refractivity contribution in [3.05, 3.63) is 21.9 Å². The molecule has 0 aliphatic carbocycles. The van der Waals surface area contributed by atoms with Crippen LogP contribution in [-0.4, -0.2) is 0 Å². The van der Waals surface area contributed by atoms with E-state index in [0.717, 1.165) is 0 Å². The van der Waals surface area contributed by atoms with Gasteiger partial charge in [0.25, 0.3) is 0 Å². The molecule has 0 aromatic carbocycles. The third kappa shape index (κ3) is 14.5. The largest absolute Gasteiger partial charge is 0.146 e. The Bertz CT molecular complexity index is 137. The van der Waals surface area contributed by atoms with Gasteiger partial charge >= 0.3 is 0 Å². The monoisotopic (exact) mass is 202 g/mol. The topological polar surface area (TPSA) is 0 Å². The van der Waals surface area contributed by atoms with Crippen molar-refractivity contribution in [3.63, 3.8) is 0 Å². The normalized spacial score (nSPS) is 6.46. The van der Waals surface area contributed by atoms with Crippen LogP contribution in [0.25, 0.3) is 0 Å². The van der Waals surface area contributed by atoms with E-state index in [2.05, 4.69) is 26.0 Å². The molecule has 0 atom stereocenters. The van der Waals surface area contributed by atoms with Crippen molar-refractivity contribution in [3.8, 4) is 0 Å². The maximum atomic E-state index is 2.14. The number of hydrogen-bond acceptors (Lipinski definition) is 1. The Labute approximate surface area is 89.0 Å². The Morgan fingerprint density at radius 2 is 0.923 bits per heavy atom. The molecule has 1 heteroatoms. The molecule has 13 heavy (non-hydrogen) atoms. The smallest absolute Gasteiger partial charge is 0.00170 e. The highest BCUT2D eigenvalue weighted by Crippen LogP contribution is 2.11. The fourth-order valence-electron chi connectivity index (χ4n) is 0.557. The zero-order valence-corrected chi connectivity index (χ0v) is 11.4. The molecule has 0 unspecified atom stereocenters. The molecule has 0 spiro atoms. The van der Waals surface area contributed by atoms with Crippen LogP contribution in [0.4, 0.5) is 0 Å². The fourth-order valence-corrected chi connectivity index (χ4v) is 1.34. The molecule has 0 aliphatic heterocycles. The minimum atomic E-state index is 1.40. The lowest BCUT2D eigenvalue weighted by molar-refractivity contribution is 1.50.